The number of nitrogens with zero attached hydrogens (tertiary/aromatic N) is 4. The summed E-state index contributed by atoms with van der Waals surface area (Å²) in [6, 6.07) is 10.4. The fourth-order valence-electron chi connectivity index (χ4n) is 1.96. The number of hydrogen-bond acceptors (Lipinski definition) is 6. The Morgan fingerprint density at radius 2 is 2.00 bits per heavy atom. The molecule has 0 radical (unpaired) electrons. The molecule has 0 aliphatic rings. The van der Waals surface area contributed by atoms with Crippen molar-refractivity contribution >= 4 is 46.7 Å². The van der Waals surface area contributed by atoms with Crippen molar-refractivity contribution in [2.45, 2.75) is 5.16 Å². The third-order valence-electron chi connectivity index (χ3n) is 3.11. The van der Waals surface area contributed by atoms with Gasteiger partial charge in [-0.25, -0.2) is 9.66 Å². The molecule has 25 heavy (non-hydrogen) atoms. The van der Waals surface area contributed by atoms with E-state index < -0.39 is 0 Å². The summed E-state index contributed by atoms with van der Waals surface area (Å²) in [6.45, 7) is 0. The number of carbonyl (C=O) groups is 1. The van der Waals surface area contributed by atoms with Gasteiger partial charge in [-0.2, -0.15) is 0 Å². The van der Waals surface area contributed by atoms with Crippen molar-refractivity contribution < 1.29 is 4.79 Å². The van der Waals surface area contributed by atoms with E-state index >= 15 is 0 Å². The third-order valence-corrected chi connectivity index (χ3v) is 4.60. The monoisotopic (exact) mass is 394 g/mol. The molecule has 128 valence electrons. The van der Waals surface area contributed by atoms with Crippen molar-refractivity contribution in [2.75, 3.05) is 16.9 Å². The van der Waals surface area contributed by atoms with Crippen molar-refractivity contribution in [2.24, 2.45) is 0 Å². The number of rotatable bonds is 5. The van der Waals surface area contributed by atoms with E-state index in [9.17, 15) is 4.79 Å². The molecule has 7 nitrogen and oxygen atoms in total. The summed E-state index contributed by atoms with van der Waals surface area (Å²) in [5.74, 6) is 6.71. The van der Waals surface area contributed by atoms with E-state index in [0.717, 1.165) is 11.8 Å². The molecule has 0 unspecified atom stereocenters. The second kappa shape index (κ2) is 7.73. The average molecular weight is 395 g/mol. The molecular weight excluding hydrogens is 383 g/mol. The molecule has 3 N–H and O–H groups in total. The van der Waals surface area contributed by atoms with Gasteiger partial charge in [-0.05, 0) is 24.3 Å². The first-order valence-electron chi connectivity index (χ1n) is 7.04. The van der Waals surface area contributed by atoms with Crippen molar-refractivity contribution in [3.05, 3.63) is 52.6 Å². The maximum absolute atomic E-state index is 12.0. The van der Waals surface area contributed by atoms with Gasteiger partial charge in [-0.1, -0.05) is 47.1 Å². The Hall–Kier alpha value is -2.29. The highest BCUT2D eigenvalue weighted by atomic mass is 35.5. The van der Waals surface area contributed by atoms with Gasteiger partial charge in [0.25, 0.3) is 0 Å². The lowest BCUT2D eigenvalue weighted by Gasteiger charge is -2.06. The molecule has 10 heteroatoms. The summed E-state index contributed by atoms with van der Waals surface area (Å²) < 4.78 is 1.31. The molecule has 1 amide bonds. The molecule has 0 aliphatic heterocycles. The first-order valence-corrected chi connectivity index (χ1v) is 8.78. The van der Waals surface area contributed by atoms with Crippen molar-refractivity contribution in [3.8, 4) is 11.4 Å². The fourth-order valence-corrected chi connectivity index (χ4v) is 2.95. The number of anilines is 1. The normalized spacial score (nSPS) is 10.6. The Bertz CT molecular complexity index is 899. The van der Waals surface area contributed by atoms with Gasteiger partial charge in [0.05, 0.1) is 15.8 Å². The number of carbonyl (C=O) groups excluding carboxylic acids is 1. The zero-order valence-corrected chi connectivity index (χ0v) is 15.0. The molecule has 3 rings (SSSR count). The molecule has 0 saturated carbocycles. The van der Waals surface area contributed by atoms with Crippen LogP contribution in [0.25, 0.3) is 11.4 Å². The highest BCUT2D eigenvalue weighted by Crippen LogP contribution is 2.27. The van der Waals surface area contributed by atoms with E-state index in [0.29, 0.717) is 32.4 Å². The topological polar surface area (TPSA) is 98.7 Å². The number of halogens is 2. The highest BCUT2D eigenvalue weighted by Gasteiger charge is 2.15. The summed E-state index contributed by atoms with van der Waals surface area (Å²) in [5, 5.41) is 12.1. The molecule has 2 heterocycles. The number of nitrogens with two attached hydrogens (primary N) is 1. The van der Waals surface area contributed by atoms with Gasteiger partial charge >= 0.3 is 0 Å². The van der Waals surface area contributed by atoms with Gasteiger partial charge in [0.1, 0.15) is 5.82 Å². The molecule has 1 aromatic carbocycles. The molecule has 0 saturated heterocycles. The number of aromatic nitrogens is 4. The number of thioether (sulfide) groups is 1. The van der Waals surface area contributed by atoms with E-state index in [-0.39, 0.29) is 11.7 Å². The van der Waals surface area contributed by atoms with Crippen LogP contribution < -0.4 is 11.2 Å². The van der Waals surface area contributed by atoms with Crippen molar-refractivity contribution in [3.63, 3.8) is 0 Å². The standard InChI is InChI=1S/C15H12Cl2N6OS/c16-9-5-6-12(19-7-9)20-13(24)8-25-15-22-21-14(23(15)18)10-3-1-2-4-11(10)17/h1-7H,8,18H2,(H,19,20,24). The molecule has 0 fully saturated rings. The minimum Gasteiger partial charge on any atom is -0.335 e. The first-order chi connectivity index (χ1) is 12.0. The van der Waals surface area contributed by atoms with Crippen LogP contribution in [0.5, 0.6) is 0 Å². The molecule has 0 bridgehead atoms. The third kappa shape index (κ3) is 4.22. The lowest BCUT2D eigenvalue weighted by Crippen LogP contribution is -2.17. The highest BCUT2D eigenvalue weighted by molar-refractivity contribution is 7.99. The minimum atomic E-state index is -0.248. The zero-order valence-electron chi connectivity index (χ0n) is 12.7. The van der Waals surface area contributed by atoms with E-state index in [1.807, 2.05) is 12.1 Å². The maximum atomic E-state index is 12.0. The Morgan fingerprint density at radius 1 is 1.20 bits per heavy atom. The van der Waals surface area contributed by atoms with Crippen LogP contribution in [-0.4, -0.2) is 31.5 Å². The minimum absolute atomic E-state index is 0.0994. The number of nitrogens with one attached hydrogen (secondary N) is 1. The molecule has 2 aromatic heterocycles. The summed E-state index contributed by atoms with van der Waals surface area (Å²) in [4.78, 5) is 16.0. The maximum Gasteiger partial charge on any atom is 0.236 e. The lowest BCUT2D eigenvalue weighted by atomic mass is 10.2. The first kappa shape index (κ1) is 17.5. The van der Waals surface area contributed by atoms with Crippen LogP contribution in [-0.2, 0) is 4.79 Å². The van der Waals surface area contributed by atoms with E-state index in [1.54, 1.807) is 24.3 Å². The van der Waals surface area contributed by atoms with Gasteiger partial charge in [0.2, 0.25) is 11.1 Å². The fraction of sp³-hybridized carbons (Fsp3) is 0.0667. The van der Waals surface area contributed by atoms with Crippen LogP contribution in [0, 0.1) is 0 Å². The van der Waals surface area contributed by atoms with Crippen molar-refractivity contribution in [1.82, 2.24) is 19.9 Å². The van der Waals surface area contributed by atoms with E-state index in [1.165, 1.54) is 10.9 Å². The van der Waals surface area contributed by atoms with E-state index in [2.05, 4.69) is 20.5 Å². The predicted octanol–water partition coefficient (Wildman–Crippen LogP) is 3.09. The molecular formula is C15H12Cl2N6OS. The van der Waals surface area contributed by atoms with Gasteiger partial charge in [0, 0.05) is 11.8 Å². The molecule has 3 aromatic rings. The molecule has 0 spiro atoms. The largest absolute Gasteiger partial charge is 0.335 e. The second-order valence-corrected chi connectivity index (χ2v) is 6.64. The Morgan fingerprint density at radius 3 is 2.72 bits per heavy atom. The molecule has 0 atom stereocenters. The number of amides is 1. The lowest BCUT2D eigenvalue weighted by molar-refractivity contribution is -0.113. The van der Waals surface area contributed by atoms with Crippen LogP contribution in [0.15, 0.2) is 47.8 Å². The van der Waals surface area contributed by atoms with Crippen LogP contribution >= 0.6 is 35.0 Å². The number of hydrogen-bond donors (Lipinski definition) is 2. The second-order valence-electron chi connectivity index (χ2n) is 4.85. The van der Waals surface area contributed by atoms with Gasteiger partial charge in [-0.15, -0.1) is 10.2 Å². The van der Waals surface area contributed by atoms with Crippen LogP contribution in [0.3, 0.4) is 0 Å². The summed E-state index contributed by atoms with van der Waals surface area (Å²) in [7, 11) is 0. The van der Waals surface area contributed by atoms with Crippen LogP contribution in [0.1, 0.15) is 0 Å². The van der Waals surface area contributed by atoms with E-state index in [4.69, 9.17) is 29.0 Å². The smallest absolute Gasteiger partial charge is 0.236 e. The number of benzene rings is 1. The summed E-state index contributed by atoms with van der Waals surface area (Å²) in [5.41, 5.74) is 0.667. The molecule has 0 aliphatic carbocycles. The van der Waals surface area contributed by atoms with Gasteiger partial charge in [-0.3, -0.25) is 4.79 Å². The quantitative estimate of drug-likeness (QED) is 0.509. The Labute approximate surface area is 157 Å². The SMILES string of the molecule is Nn1c(SCC(=O)Nc2ccc(Cl)cn2)nnc1-c1ccccc1Cl. The Kier molecular flexibility index (Phi) is 5.42. The average Bonchev–Trinajstić information content (AvgIpc) is 2.96. The number of nitrogen functional groups attached to an aromatic ring is 1. The summed E-state index contributed by atoms with van der Waals surface area (Å²) in [6.07, 6.45) is 1.46. The Balaban J connectivity index is 1.65. The zero-order chi connectivity index (χ0) is 17.8. The van der Waals surface area contributed by atoms with Gasteiger partial charge < -0.3 is 11.2 Å². The van der Waals surface area contributed by atoms with Crippen LogP contribution in [0.2, 0.25) is 10.0 Å². The van der Waals surface area contributed by atoms with Crippen molar-refractivity contribution in [1.29, 1.82) is 0 Å². The predicted molar refractivity (Wildman–Crippen MR) is 99.2 cm³/mol. The summed E-state index contributed by atoms with van der Waals surface area (Å²) >= 11 is 13.0. The number of pyridine rings is 1. The van der Waals surface area contributed by atoms with Crippen LogP contribution in [0.4, 0.5) is 5.82 Å². The van der Waals surface area contributed by atoms with Gasteiger partial charge in [0.15, 0.2) is 5.82 Å².